The normalized spacial score (nSPS) is 14.3. The van der Waals surface area contributed by atoms with Crippen LogP contribution in [0.2, 0.25) is 0 Å². The Balaban J connectivity index is 1.07. The molecule has 0 aliphatic heterocycles. The molecule has 8 aromatic carbocycles. The Bertz CT molecular complexity index is 2980. The van der Waals surface area contributed by atoms with Crippen molar-refractivity contribution < 1.29 is 0 Å². The molecular weight excluding hydrogens is 703 g/mol. The summed E-state index contributed by atoms with van der Waals surface area (Å²) >= 11 is 0. The Hall–Kier alpha value is -6.71. The van der Waals surface area contributed by atoms with Gasteiger partial charge >= 0.3 is 0 Å². The average Bonchev–Trinajstić information content (AvgIpc) is 3.28. The summed E-state index contributed by atoms with van der Waals surface area (Å²) in [6.07, 6.45) is 2.40. The molecule has 0 bridgehead atoms. The van der Waals surface area contributed by atoms with Crippen molar-refractivity contribution in [3.63, 3.8) is 0 Å². The number of aromatic nitrogens is 3. The fraction of sp³-hybridized carbons (Fsp3) is 0.145. The van der Waals surface area contributed by atoms with Gasteiger partial charge in [-0.1, -0.05) is 198 Å². The van der Waals surface area contributed by atoms with E-state index in [0.29, 0.717) is 17.5 Å². The molecule has 0 radical (unpaired) electrons. The first-order chi connectivity index (χ1) is 28.2. The van der Waals surface area contributed by atoms with Crippen molar-refractivity contribution >= 4 is 21.5 Å². The van der Waals surface area contributed by atoms with Crippen molar-refractivity contribution in [1.29, 1.82) is 0 Å². The lowest BCUT2D eigenvalue weighted by molar-refractivity contribution is 0.332. The van der Waals surface area contributed by atoms with E-state index >= 15 is 0 Å². The number of hydrogen-bond donors (Lipinski definition) is 0. The Morgan fingerprint density at radius 3 is 1.50 bits per heavy atom. The van der Waals surface area contributed by atoms with Gasteiger partial charge in [0.25, 0.3) is 0 Å². The van der Waals surface area contributed by atoms with Gasteiger partial charge in [0.2, 0.25) is 0 Å². The van der Waals surface area contributed by atoms with Crippen LogP contribution in [-0.2, 0) is 10.8 Å². The zero-order valence-corrected chi connectivity index (χ0v) is 33.5. The van der Waals surface area contributed by atoms with Crippen LogP contribution in [0.5, 0.6) is 0 Å². The number of rotatable bonds is 6. The Labute approximate surface area is 341 Å². The topological polar surface area (TPSA) is 38.7 Å². The first-order valence-corrected chi connectivity index (χ1v) is 20.4. The van der Waals surface area contributed by atoms with Crippen LogP contribution in [0, 0.1) is 0 Å². The quantitative estimate of drug-likeness (QED) is 0.159. The van der Waals surface area contributed by atoms with Crippen LogP contribution < -0.4 is 0 Å². The molecule has 280 valence electrons. The second-order valence-corrected chi connectivity index (χ2v) is 17.1. The zero-order valence-electron chi connectivity index (χ0n) is 33.5. The zero-order chi connectivity index (χ0) is 39.4. The summed E-state index contributed by atoms with van der Waals surface area (Å²) in [5.74, 6) is 1.93. The second kappa shape index (κ2) is 14.0. The highest BCUT2D eigenvalue weighted by Gasteiger charge is 2.37. The van der Waals surface area contributed by atoms with Gasteiger partial charge in [0.1, 0.15) is 0 Å². The third-order valence-electron chi connectivity index (χ3n) is 12.4. The minimum absolute atomic E-state index is 0.149. The van der Waals surface area contributed by atoms with E-state index in [1.807, 2.05) is 6.07 Å². The van der Waals surface area contributed by atoms with Gasteiger partial charge in [-0.15, -0.1) is 0 Å². The van der Waals surface area contributed by atoms with E-state index in [-0.39, 0.29) is 10.8 Å². The number of fused-ring (bicyclic) bond motifs is 4. The summed E-state index contributed by atoms with van der Waals surface area (Å²) in [5.41, 5.74) is 13.1. The van der Waals surface area contributed by atoms with Crippen molar-refractivity contribution in [2.45, 2.75) is 51.4 Å². The molecule has 0 saturated carbocycles. The van der Waals surface area contributed by atoms with Gasteiger partial charge < -0.3 is 0 Å². The van der Waals surface area contributed by atoms with Crippen molar-refractivity contribution in [2.75, 3.05) is 0 Å². The van der Waals surface area contributed by atoms with Gasteiger partial charge in [-0.2, -0.15) is 0 Å². The summed E-state index contributed by atoms with van der Waals surface area (Å²) in [4.78, 5) is 15.5. The monoisotopic (exact) mass is 747 g/mol. The predicted molar refractivity (Wildman–Crippen MR) is 243 cm³/mol. The molecule has 3 nitrogen and oxygen atoms in total. The lowest BCUT2D eigenvalue weighted by Gasteiger charge is -2.42. The van der Waals surface area contributed by atoms with Gasteiger partial charge in [-0.25, -0.2) is 15.0 Å². The minimum atomic E-state index is 0.149. The highest BCUT2D eigenvalue weighted by Crippen LogP contribution is 2.47. The maximum Gasteiger partial charge on any atom is 0.164 e. The molecule has 10 rings (SSSR count). The summed E-state index contributed by atoms with van der Waals surface area (Å²) in [5, 5.41) is 4.99. The van der Waals surface area contributed by atoms with E-state index in [0.717, 1.165) is 33.4 Å². The van der Waals surface area contributed by atoms with E-state index in [1.165, 1.54) is 62.2 Å². The maximum absolute atomic E-state index is 5.19. The molecule has 0 saturated heterocycles. The molecule has 0 fully saturated rings. The maximum atomic E-state index is 5.19. The van der Waals surface area contributed by atoms with Gasteiger partial charge in [-0.05, 0) is 95.8 Å². The molecular formula is C55H45N3. The number of hydrogen-bond acceptors (Lipinski definition) is 3. The fourth-order valence-corrected chi connectivity index (χ4v) is 8.97. The van der Waals surface area contributed by atoms with Crippen LogP contribution in [0.1, 0.15) is 51.7 Å². The summed E-state index contributed by atoms with van der Waals surface area (Å²) in [6, 6.07) is 63.0. The molecule has 1 heterocycles. The second-order valence-electron chi connectivity index (χ2n) is 17.1. The van der Waals surface area contributed by atoms with Gasteiger partial charge in [0.05, 0.1) is 0 Å². The van der Waals surface area contributed by atoms with Crippen LogP contribution in [0.4, 0.5) is 0 Å². The highest BCUT2D eigenvalue weighted by molar-refractivity contribution is 6.13. The highest BCUT2D eigenvalue weighted by atomic mass is 15.0. The van der Waals surface area contributed by atoms with E-state index in [9.17, 15) is 0 Å². The summed E-state index contributed by atoms with van der Waals surface area (Å²) < 4.78 is 0. The fourth-order valence-electron chi connectivity index (χ4n) is 8.97. The van der Waals surface area contributed by atoms with E-state index in [4.69, 9.17) is 15.0 Å². The molecule has 58 heavy (non-hydrogen) atoms. The summed E-state index contributed by atoms with van der Waals surface area (Å²) in [6.45, 7) is 9.54. The SMILES string of the molecule is CC1(C)CCC(C)(C)c2cc(-c3ccc(-c4nc(-c5ccc(-c6cc7ccccc7c7ccccc67)cc5)nc(-c5ccccc5-c5ccccc5)n4)cc3)ccc21. The van der Waals surface area contributed by atoms with Gasteiger partial charge in [0, 0.05) is 16.7 Å². The lowest BCUT2D eigenvalue weighted by atomic mass is 9.63. The van der Waals surface area contributed by atoms with Crippen LogP contribution in [0.3, 0.4) is 0 Å². The molecule has 0 amide bonds. The molecule has 3 heteroatoms. The first kappa shape index (κ1) is 35.7. The van der Waals surface area contributed by atoms with Crippen LogP contribution in [0.25, 0.3) is 89.1 Å². The molecule has 0 unspecified atom stereocenters. The van der Waals surface area contributed by atoms with Gasteiger partial charge in [0.15, 0.2) is 17.5 Å². The third-order valence-corrected chi connectivity index (χ3v) is 12.4. The van der Waals surface area contributed by atoms with Gasteiger partial charge in [-0.3, -0.25) is 0 Å². The smallest absolute Gasteiger partial charge is 0.164 e. The Morgan fingerprint density at radius 1 is 0.328 bits per heavy atom. The molecule has 1 aliphatic carbocycles. The van der Waals surface area contributed by atoms with Crippen LogP contribution in [-0.4, -0.2) is 15.0 Å². The molecule has 0 atom stereocenters. The summed E-state index contributed by atoms with van der Waals surface area (Å²) in [7, 11) is 0. The number of benzene rings is 8. The van der Waals surface area contributed by atoms with E-state index < -0.39 is 0 Å². The van der Waals surface area contributed by atoms with Crippen molar-refractivity contribution in [2.24, 2.45) is 0 Å². The predicted octanol–water partition coefficient (Wildman–Crippen LogP) is 14.5. The van der Waals surface area contributed by atoms with Crippen LogP contribution in [0.15, 0.2) is 176 Å². The molecule has 9 aromatic rings. The van der Waals surface area contributed by atoms with Crippen molar-refractivity contribution in [1.82, 2.24) is 15.0 Å². The average molecular weight is 748 g/mol. The minimum Gasteiger partial charge on any atom is -0.208 e. The van der Waals surface area contributed by atoms with E-state index in [1.54, 1.807) is 0 Å². The standard InChI is InChI=1S/C55H45N3/c1-54(2)32-33-55(3,4)50-35-41(30-31-49(50)54)36-22-26-39(27-23-36)51-56-52(58-53(57-51)47-21-13-10-17-43(47)37-14-6-5-7-15-37)40-28-24-38(25-29-40)48-34-42-16-8-9-18-44(42)45-19-11-12-20-46(45)48/h5-31,34-35H,32-33H2,1-4H3. The van der Waals surface area contributed by atoms with Crippen LogP contribution >= 0.6 is 0 Å². The molecule has 1 aliphatic rings. The third kappa shape index (κ3) is 6.37. The Morgan fingerprint density at radius 2 is 0.810 bits per heavy atom. The Kier molecular flexibility index (Phi) is 8.64. The molecule has 0 spiro atoms. The number of nitrogens with zero attached hydrogens (tertiary/aromatic N) is 3. The van der Waals surface area contributed by atoms with Crippen molar-refractivity contribution in [3.8, 4) is 67.5 Å². The van der Waals surface area contributed by atoms with Crippen molar-refractivity contribution in [3.05, 3.63) is 187 Å². The molecule has 0 N–H and O–H groups in total. The van der Waals surface area contributed by atoms with E-state index in [2.05, 4.69) is 198 Å². The molecule has 1 aromatic heterocycles. The lowest BCUT2D eigenvalue weighted by Crippen LogP contribution is -2.33. The first-order valence-electron chi connectivity index (χ1n) is 20.4. The largest absolute Gasteiger partial charge is 0.208 e.